The van der Waals surface area contributed by atoms with Crippen molar-refractivity contribution in [3.8, 4) is 0 Å². The largest absolute Gasteiger partial charge is 0.383 e. The predicted octanol–water partition coefficient (Wildman–Crippen LogP) is 2.97. The zero-order chi connectivity index (χ0) is 17.7. The summed E-state index contributed by atoms with van der Waals surface area (Å²) in [6.45, 7) is 1.77. The fourth-order valence-corrected chi connectivity index (χ4v) is 2.65. The molecule has 2 aromatic carbocycles. The van der Waals surface area contributed by atoms with E-state index in [4.69, 9.17) is 22.1 Å². The number of nitrogens with two attached hydrogens (primary N) is 1. The first-order valence-corrected chi connectivity index (χ1v) is 7.87. The number of carbonyl (C=O) groups excluding carboxylic acids is 1. The van der Waals surface area contributed by atoms with Crippen molar-refractivity contribution in [3.05, 3.63) is 70.0 Å². The Balaban J connectivity index is 2.40. The minimum atomic E-state index is -0.804. The van der Waals surface area contributed by atoms with Crippen LogP contribution < -0.4 is 11.1 Å². The molecule has 0 aromatic heterocycles. The quantitative estimate of drug-likeness (QED) is 0.841. The fraction of sp³-hybridized carbons (Fsp3) is 0.278. The Bertz CT molecular complexity index is 724. The fourth-order valence-electron chi connectivity index (χ4n) is 2.40. The van der Waals surface area contributed by atoms with Crippen molar-refractivity contribution in [1.29, 1.82) is 0 Å². The number of nitrogens with one attached hydrogen (secondary N) is 1. The average Bonchev–Trinajstić information content (AvgIpc) is 2.56. The van der Waals surface area contributed by atoms with Crippen molar-refractivity contribution < 1.29 is 13.9 Å². The van der Waals surface area contributed by atoms with Crippen LogP contribution in [0.25, 0.3) is 0 Å². The van der Waals surface area contributed by atoms with Gasteiger partial charge >= 0.3 is 0 Å². The minimum Gasteiger partial charge on any atom is -0.383 e. The number of carbonyl (C=O) groups is 1. The first-order valence-electron chi connectivity index (χ1n) is 7.49. The van der Waals surface area contributed by atoms with E-state index in [0.29, 0.717) is 16.1 Å². The highest BCUT2D eigenvalue weighted by Crippen LogP contribution is 2.29. The summed E-state index contributed by atoms with van der Waals surface area (Å²) < 4.78 is 18.5. The zero-order valence-electron chi connectivity index (χ0n) is 13.6. The summed E-state index contributed by atoms with van der Waals surface area (Å²) in [5.74, 6) is -0.678. The van der Waals surface area contributed by atoms with E-state index in [2.05, 4.69) is 5.32 Å². The molecular formula is C18H20ClFN2O2. The Morgan fingerprint density at radius 1 is 1.33 bits per heavy atom. The van der Waals surface area contributed by atoms with Crippen LogP contribution in [0.5, 0.6) is 0 Å². The van der Waals surface area contributed by atoms with Crippen LogP contribution >= 0.6 is 11.6 Å². The first kappa shape index (κ1) is 18.4. The lowest BCUT2D eigenvalue weighted by molar-refractivity contribution is -0.123. The molecule has 0 aliphatic rings. The summed E-state index contributed by atoms with van der Waals surface area (Å²) >= 11 is 6.28. The van der Waals surface area contributed by atoms with E-state index < -0.39 is 12.1 Å². The zero-order valence-corrected chi connectivity index (χ0v) is 14.3. The second kappa shape index (κ2) is 8.24. The van der Waals surface area contributed by atoms with Crippen molar-refractivity contribution in [3.63, 3.8) is 0 Å². The minimum absolute atomic E-state index is 0.101. The third-order valence-electron chi connectivity index (χ3n) is 3.70. The van der Waals surface area contributed by atoms with Gasteiger partial charge < -0.3 is 15.8 Å². The van der Waals surface area contributed by atoms with Crippen LogP contribution in [-0.2, 0) is 9.53 Å². The summed E-state index contributed by atoms with van der Waals surface area (Å²) in [7, 11) is 1.47. The molecule has 0 aliphatic heterocycles. The van der Waals surface area contributed by atoms with Gasteiger partial charge in [0.15, 0.2) is 0 Å². The highest BCUT2D eigenvalue weighted by atomic mass is 35.5. The number of hydrogen-bond acceptors (Lipinski definition) is 3. The molecule has 2 aromatic rings. The Hall–Kier alpha value is -1.95. The number of hydrogen-bond donors (Lipinski definition) is 2. The van der Waals surface area contributed by atoms with Gasteiger partial charge in [-0.2, -0.15) is 0 Å². The molecule has 0 heterocycles. The SMILES string of the molecule is COCC(N)C(=O)NC(c1ccc(F)c(C)c1)c1ccccc1Cl. The molecule has 3 N–H and O–H groups in total. The number of benzene rings is 2. The molecule has 0 saturated heterocycles. The van der Waals surface area contributed by atoms with Crippen LogP contribution in [0.15, 0.2) is 42.5 Å². The van der Waals surface area contributed by atoms with Gasteiger partial charge in [0, 0.05) is 12.1 Å². The number of aryl methyl sites for hydroxylation is 1. The first-order chi connectivity index (χ1) is 11.4. The van der Waals surface area contributed by atoms with Crippen LogP contribution in [0.1, 0.15) is 22.7 Å². The van der Waals surface area contributed by atoms with E-state index in [9.17, 15) is 9.18 Å². The predicted molar refractivity (Wildman–Crippen MR) is 92.4 cm³/mol. The van der Waals surface area contributed by atoms with Gasteiger partial charge in [0.2, 0.25) is 5.91 Å². The average molecular weight is 351 g/mol. The smallest absolute Gasteiger partial charge is 0.240 e. The summed E-state index contributed by atoms with van der Waals surface area (Å²) in [5, 5.41) is 3.38. The summed E-state index contributed by atoms with van der Waals surface area (Å²) in [5.41, 5.74) is 7.71. The number of ether oxygens (including phenoxy) is 1. The van der Waals surface area contributed by atoms with Crippen molar-refractivity contribution in [1.82, 2.24) is 5.32 Å². The lowest BCUT2D eigenvalue weighted by Gasteiger charge is -2.23. The number of amides is 1. The summed E-state index contributed by atoms with van der Waals surface area (Å²) in [4.78, 5) is 12.3. The number of rotatable bonds is 6. The van der Waals surface area contributed by atoms with Gasteiger partial charge in [0.25, 0.3) is 0 Å². The second-order valence-electron chi connectivity index (χ2n) is 5.53. The van der Waals surface area contributed by atoms with Gasteiger partial charge in [-0.05, 0) is 35.7 Å². The van der Waals surface area contributed by atoms with Crippen LogP contribution in [0.2, 0.25) is 5.02 Å². The molecule has 2 rings (SSSR count). The highest BCUT2D eigenvalue weighted by molar-refractivity contribution is 6.31. The molecule has 24 heavy (non-hydrogen) atoms. The number of halogens is 2. The van der Waals surface area contributed by atoms with Crippen LogP contribution in [0.3, 0.4) is 0 Å². The van der Waals surface area contributed by atoms with E-state index in [1.807, 2.05) is 12.1 Å². The standard InChI is InChI=1S/C18H20ClFN2O2/c1-11-9-12(7-8-15(11)20)17(13-5-3-4-6-14(13)19)22-18(23)16(21)10-24-2/h3-9,16-17H,10,21H2,1-2H3,(H,22,23). The molecule has 0 radical (unpaired) electrons. The number of methoxy groups -OCH3 is 1. The van der Waals surface area contributed by atoms with E-state index in [1.165, 1.54) is 13.2 Å². The van der Waals surface area contributed by atoms with Crippen LogP contribution in [-0.4, -0.2) is 25.7 Å². The molecule has 0 aliphatic carbocycles. The van der Waals surface area contributed by atoms with Crippen LogP contribution in [0.4, 0.5) is 4.39 Å². The van der Waals surface area contributed by atoms with Crippen molar-refractivity contribution >= 4 is 17.5 Å². The van der Waals surface area contributed by atoms with E-state index in [0.717, 1.165) is 5.56 Å². The second-order valence-corrected chi connectivity index (χ2v) is 5.94. The Morgan fingerprint density at radius 2 is 2.04 bits per heavy atom. The molecule has 0 fully saturated rings. The van der Waals surface area contributed by atoms with Gasteiger partial charge in [-0.15, -0.1) is 0 Å². The van der Waals surface area contributed by atoms with Crippen molar-refractivity contribution in [2.75, 3.05) is 13.7 Å². The molecule has 2 atom stereocenters. The third kappa shape index (κ3) is 4.32. The maximum absolute atomic E-state index is 13.6. The van der Waals surface area contributed by atoms with Gasteiger partial charge in [-0.1, -0.05) is 41.9 Å². The van der Waals surface area contributed by atoms with Gasteiger partial charge in [-0.25, -0.2) is 4.39 Å². The molecule has 4 nitrogen and oxygen atoms in total. The van der Waals surface area contributed by atoms with Gasteiger partial charge in [0.1, 0.15) is 11.9 Å². The Morgan fingerprint density at radius 3 is 2.67 bits per heavy atom. The maximum Gasteiger partial charge on any atom is 0.240 e. The lowest BCUT2D eigenvalue weighted by Crippen LogP contribution is -2.45. The monoisotopic (exact) mass is 350 g/mol. The Kier molecular flexibility index (Phi) is 6.31. The molecular weight excluding hydrogens is 331 g/mol. The molecule has 6 heteroatoms. The van der Waals surface area contributed by atoms with Gasteiger partial charge in [0.05, 0.1) is 12.6 Å². The molecule has 0 spiro atoms. The third-order valence-corrected chi connectivity index (χ3v) is 4.05. The van der Waals surface area contributed by atoms with E-state index in [-0.39, 0.29) is 18.3 Å². The van der Waals surface area contributed by atoms with Crippen molar-refractivity contribution in [2.24, 2.45) is 5.73 Å². The normalized spacial score (nSPS) is 13.4. The molecule has 1 amide bonds. The molecule has 0 saturated carbocycles. The maximum atomic E-state index is 13.6. The molecule has 2 unspecified atom stereocenters. The summed E-state index contributed by atoms with van der Waals surface area (Å²) in [6, 6.07) is 10.5. The lowest BCUT2D eigenvalue weighted by atomic mass is 9.96. The summed E-state index contributed by atoms with van der Waals surface area (Å²) in [6.07, 6.45) is 0. The van der Waals surface area contributed by atoms with Crippen molar-refractivity contribution in [2.45, 2.75) is 19.0 Å². The Labute approximate surface area is 145 Å². The molecule has 128 valence electrons. The molecule has 0 bridgehead atoms. The highest BCUT2D eigenvalue weighted by Gasteiger charge is 2.23. The van der Waals surface area contributed by atoms with Gasteiger partial charge in [-0.3, -0.25) is 4.79 Å². The van der Waals surface area contributed by atoms with E-state index >= 15 is 0 Å². The topological polar surface area (TPSA) is 64.3 Å². The van der Waals surface area contributed by atoms with Crippen LogP contribution in [0, 0.1) is 12.7 Å². The van der Waals surface area contributed by atoms with E-state index in [1.54, 1.807) is 31.2 Å².